The van der Waals surface area contributed by atoms with Crippen molar-refractivity contribution in [3.8, 4) is 5.75 Å². The van der Waals surface area contributed by atoms with Gasteiger partial charge in [0.1, 0.15) is 18.4 Å². The van der Waals surface area contributed by atoms with E-state index >= 15 is 0 Å². The van der Waals surface area contributed by atoms with Crippen LogP contribution in [0.5, 0.6) is 5.75 Å². The smallest absolute Gasteiger partial charge is 0.324 e. The fraction of sp³-hybridized carbons (Fsp3) is 0.385. The van der Waals surface area contributed by atoms with Crippen molar-refractivity contribution in [1.29, 1.82) is 0 Å². The Morgan fingerprint density at radius 3 is 2.94 bits per heavy atom. The standard InChI is InChI=1S/C13H15NO4/c14-11(13(16)17)7-18-9-4-5-10-8(6-9)2-1-3-12(10)15/h4-6,11H,1-3,7,14H2,(H,16,17). The number of fused-ring (bicyclic) bond motifs is 1. The summed E-state index contributed by atoms with van der Waals surface area (Å²) in [6.07, 6.45) is 2.30. The van der Waals surface area contributed by atoms with E-state index in [2.05, 4.69) is 0 Å². The van der Waals surface area contributed by atoms with E-state index in [9.17, 15) is 9.59 Å². The van der Waals surface area contributed by atoms with Gasteiger partial charge in [0.15, 0.2) is 5.78 Å². The van der Waals surface area contributed by atoms with Gasteiger partial charge in [-0.3, -0.25) is 9.59 Å². The van der Waals surface area contributed by atoms with Gasteiger partial charge in [-0.2, -0.15) is 0 Å². The van der Waals surface area contributed by atoms with Gasteiger partial charge in [-0.1, -0.05) is 0 Å². The normalized spacial score (nSPS) is 15.9. The van der Waals surface area contributed by atoms with Gasteiger partial charge in [-0.15, -0.1) is 0 Å². The van der Waals surface area contributed by atoms with Crippen LogP contribution in [-0.4, -0.2) is 29.5 Å². The van der Waals surface area contributed by atoms with E-state index in [1.165, 1.54) is 0 Å². The minimum atomic E-state index is -1.09. The van der Waals surface area contributed by atoms with Crippen LogP contribution in [0.25, 0.3) is 0 Å². The minimum Gasteiger partial charge on any atom is -0.491 e. The molecule has 1 atom stereocenters. The van der Waals surface area contributed by atoms with Crippen LogP contribution in [0.15, 0.2) is 18.2 Å². The number of nitrogens with two attached hydrogens (primary N) is 1. The molecular weight excluding hydrogens is 234 g/mol. The van der Waals surface area contributed by atoms with Gasteiger partial charge >= 0.3 is 5.97 Å². The molecule has 1 aromatic rings. The number of hydrogen-bond donors (Lipinski definition) is 2. The average molecular weight is 249 g/mol. The molecule has 18 heavy (non-hydrogen) atoms. The third-order valence-corrected chi connectivity index (χ3v) is 2.97. The molecule has 0 radical (unpaired) electrons. The van der Waals surface area contributed by atoms with Gasteiger partial charge in [0.25, 0.3) is 0 Å². The van der Waals surface area contributed by atoms with Gasteiger partial charge in [-0.25, -0.2) is 0 Å². The number of ether oxygens (including phenoxy) is 1. The van der Waals surface area contributed by atoms with Crippen molar-refractivity contribution in [2.24, 2.45) is 5.73 Å². The largest absolute Gasteiger partial charge is 0.491 e. The summed E-state index contributed by atoms with van der Waals surface area (Å²) in [6, 6.07) is 4.17. The van der Waals surface area contributed by atoms with Crippen molar-refractivity contribution in [2.75, 3.05) is 6.61 Å². The first-order valence-electron chi connectivity index (χ1n) is 5.85. The summed E-state index contributed by atoms with van der Waals surface area (Å²) in [5.74, 6) is -0.381. The van der Waals surface area contributed by atoms with Crippen LogP contribution in [0.4, 0.5) is 0 Å². The van der Waals surface area contributed by atoms with E-state index in [1.54, 1.807) is 18.2 Å². The molecule has 5 nitrogen and oxygen atoms in total. The van der Waals surface area contributed by atoms with Crippen LogP contribution in [0.3, 0.4) is 0 Å². The predicted octanol–water partition coefficient (Wildman–Crippen LogP) is 0.996. The van der Waals surface area contributed by atoms with Crippen LogP contribution in [0.2, 0.25) is 0 Å². The van der Waals surface area contributed by atoms with Crippen LogP contribution in [0, 0.1) is 0 Å². The predicted molar refractivity (Wildman–Crippen MR) is 64.8 cm³/mol. The number of aryl methyl sites for hydroxylation is 1. The van der Waals surface area contributed by atoms with E-state index in [0.717, 1.165) is 24.0 Å². The molecule has 0 fully saturated rings. The lowest BCUT2D eigenvalue weighted by Crippen LogP contribution is -2.36. The summed E-state index contributed by atoms with van der Waals surface area (Å²) in [5, 5.41) is 8.64. The SMILES string of the molecule is NC(COc1ccc2c(c1)CCCC2=O)C(=O)O. The van der Waals surface area contributed by atoms with Crippen molar-refractivity contribution >= 4 is 11.8 Å². The molecular formula is C13H15NO4. The number of hydrogen-bond acceptors (Lipinski definition) is 4. The van der Waals surface area contributed by atoms with Gasteiger partial charge in [-0.05, 0) is 36.6 Å². The van der Waals surface area contributed by atoms with Gasteiger partial charge < -0.3 is 15.6 Å². The zero-order chi connectivity index (χ0) is 13.1. The molecule has 1 aromatic carbocycles. The lowest BCUT2D eigenvalue weighted by Gasteiger charge is -2.16. The van der Waals surface area contributed by atoms with E-state index < -0.39 is 12.0 Å². The summed E-state index contributed by atoms with van der Waals surface area (Å²) in [6.45, 7) is -0.0813. The number of carbonyl (C=O) groups is 2. The molecule has 0 saturated heterocycles. The molecule has 0 aliphatic heterocycles. The number of aliphatic carboxylic acids is 1. The maximum atomic E-state index is 11.6. The Labute approximate surface area is 105 Å². The Hall–Kier alpha value is -1.88. The number of Topliss-reactive ketones (excluding diaryl/α,β-unsaturated/α-hetero) is 1. The van der Waals surface area contributed by atoms with Gasteiger partial charge in [0, 0.05) is 12.0 Å². The molecule has 2 rings (SSSR count). The van der Waals surface area contributed by atoms with Crippen LogP contribution >= 0.6 is 0 Å². The molecule has 1 aliphatic rings. The van der Waals surface area contributed by atoms with Crippen molar-refractivity contribution in [1.82, 2.24) is 0 Å². The number of benzene rings is 1. The van der Waals surface area contributed by atoms with E-state index in [4.69, 9.17) is 15.6 Å². The van der Waals surface area contributed by atoms with Crippen LogP contribution in [-0.2, 0) is 11.2 Å². The number of ketones is 1. The Bertz CT molecular complexity index is 484. The second kappa shape index (κ2) is 5.18. The molecule has 0 spiro atoms. The third-order valence-electron chi connectivity index (χ3n) is 2.97. The van der Waals surface area contributed by atoms with Gasteiger partial charge in [0.05, 0.1) is 0 Å². The highest BCUT2D eigenvalue weighted by molar-refractivity contribution is 5.98. The van der Waals surface area contributed by atoms with Crippen molar-refractivity contribution < 1.29 is 19.4 Å². The molecule has 3 N–H and O–H groups in total. The molecule has 0 amide bonds. The first-order valence-corrected chi connectivity index (χ1v) is 5.85. The summed E-state index contributed by atoms with van der Waals surface area (Å²) in [7, 11) is 0. The fourth-order valence-electron chi connectivity index (χ4n) is 1.97. The lowest BCUT2D eigenvalue weighted by atomic mass is 9.90. The number of carbonyl (C=O) groups excluding carboxylic acids is 1. The zero-order valence-electron chi connectivity index (χ0n) is 9.89. The van der Waals surface area contributed by atoms with Crippen molar-refractivity contribution in [3.63, 3.8) is 0 Å². The number of carboxylic acid groups (broad SMARTS) is 1. The molecule has 5 heteroatoms. The first-order chi connectivity index (χ1) is 8.58. The number of rotatable bonds is 4. The highest BCUT2D eigenvalue weighted by Gasteiger charge is 2.18. The Balaban J connectivity index is 2.07. The second-order valence-corrected chi connectivity index (χ2v) is 4.35. The molecule has 0 heterocycles. The highest BCUT2D eigenvalue weighted by atomic mass is 16.5. The zero-order valence-corrected chi connectivity index (χ0v) is 9.89. The van der Waals surface area contributed by atoms with Crippen molar-refractivity contribution in [2.45, 2.75) is 25.3 Å². The summed E-state index contributed by atoms with van der Waals surface area (Å²) >= 11 is 0. The topological polar surface area (TPSA) is 89.6 Å². The monoisotopic (exact) mass is 249 g/mol. The summed E-state index contributed by atoms with van der Waals surface area (Å²) < 4.78 is 5.31. The maximum absolute atomic E-state index is 11.6. The Kier molecular flexibility index (Phi) is 3.62. The Morgan fingerprint density at radius 1 is 1.44 bits per heavy atom. The quantitative estimate of drug-likeness (QED) is 0.830. The second-order valence-electron chi connectivity index (χ2n) is 4.35. The average Bonchev–Trinajstić information content (AvgIpc) is 2.36. The third kappa shape index (κ3) is 2.68. The highest BCUT2D eigenvalue weighted by Crippen LogP contribution is 2.25. The van der Waals surface area contributed by atoms with E-state index in [0.29, 0.717) is 12.2 Å². The Morgan fingerprint density at radius 2 is 2.22 bits per heavy atom. The van der Waals surface area contributed by atoms with Crippen LogP contribution in [0.1, 0.15) is 28.8 Å². The maximum Gasteiger partial charge on any atom is 0.324 e. The minimum absolute atomic E-state index is 0.0813. The van der Waals surface area contributed by atoms with Gasteiger partial charge in [0.2, 0.25) is 0 Å². The molecule has 1 aliphatic carbocycles. The van der Waals surface area contributed by atoms with Crippen LogP contribution < -0.4 is 10.5 Å². The molecule has 0 saturated carbocycles. The molecule has 0 bridgehead atoms. The van der Waals surface area contributed by atoms with Crippen molar-refractivity contribution in [3.05, 3.63) is 29.3 Å². The molecule has 0 aromatic heterocycles. The van der Waals surface area contributed by atoms with E-state index in [-0.39, 0.29) is 12.4 Å². The lowest BCUT2D eigenvalue weighted by molar-refractivity contribution is -0.139. The summed E-state index contributed by atoms with van der Waals surface area (Å²) in [5.41, 5.74) is 7.06. The van der Waals surface area contributed by atoms with E-state index in [1.807, 2.05) is 0 Å². The fourth-order valence-corrected chi connectivity index (χ4v) is 1.97. The number of carboxylic acids is 1. The molecule has 96 valence electrons. The summed E-state index contributed by atoms with van der Waals surface area (Å²) in [4.78, 5) is 22.2. The first kappa shape index (κ1) is 12.6. The molecule has 1 unspecified atom stereocenters.